The zero-order valence-corrected chi connectivity index (χ0v) is 28.0. The highest BCUT2D eigenvalue weighted by atomic mass is 19.4. The number of aromatic carboxylic acids is 1. The first-order valence-electron chi connectivity index (χ1n) is 16.8. The van der Waals surface area contributed by atoms with Crippen LogP contribution in [0.5, 0.6) is 5.75 Å². The highest BCUT2D eigenvalue weighted by Gasteiger charge is 2.33. The minimum atomic E-state index is -4.45. The van der Waals surface area contributed by atoms with E-state index in [9.17, 15) is 18.0 Å². The quantitative estimate of drug-likeness (QED) is 0.119. The molecular weight excluding hydrogens is 593 g/mol. The molecule has 0 spiro atoms. The molecule has 1 aliphatic rings. The predicted octanol–water partition coefficient (Wildman–Crippen LogP) is 9.15. The third kappa shape index (κ3) is 11.6. The number of benzene rings is 1. The van der Waals surface area contributed by atoms with Gasteiger partial charge in [0.25, 0.3) is 0 Å². The van der Waals surface area contributed by atoms with E-state index in [0.29, 0.717) is 18.2 Å². The number of fused-ring (bicyclic) bond motifs is 1. The molecule has 7 nitrogen and oxygen atoms in total. The van der Waals surface area contributed by atoms with E-state index in [4.69, 9.17) is 10.8 Å². The second kappa shape index (κ2) is 17.7. The number of hydrogen-bond donors (Lipinski definition) is 3. The Hall–Kier alpha value is -3.11. The van der Waals surface area contributed by atoms with Gasteiger partial charge in [0.1, 0.15) is 5.75 Å². The molecule has 2 heterocycles. The van der Waals surface area contributed by atoms with Crippen LogP contribution in [0.15, 0.2) is 42.6 Å². The highest BCUT2D eigenvalue weighted by Crippen LogP contribution is 2.44. The van der Waals surface area contributed by atoms with E-state index in [1.54, 1.807) is 0 Å². The lowest BCUT2D eigenvalue weighted by Gasteiger charge is -2.34. The first-order valence-corrected chi connectivity index (χ1v) is 16.8. The van der Waals surface area contributed by atoms with Gasteiger partial charge in [0.15, 0.2) is 12.3 Å². The van der Waals surface area contributed by atoms with E-state index in [1.165, 1.54) is 74.2 Å². The number of carboxylic acids is 1. The summed E-state index contributed by atoms with van der Waals surface area (Å²) in [5.41, 5.74) is 8.91. The summed E-state index contributed by atoms with van der Waals surface area (Å²) in [6.07, 6.45) is 10.5. The monoisotopic (exact) mass is 646 g/mol. The van der Waals surface area contributed by atoms with Crippen LogP contribution in [0, 0.1) is 5.92 Å². The molecule has 0 bridgehead atoms. The van der Waals surface area contributed by atoms with Crippen LogP contribution < -0.4 is 15.8 Å². The average Bonchev–Trinajstić information content (AvgIpc) is 3.78. The second-order valence-electron chi connectivity index (χ2n) is 13.1. The van der Waals surface area contributed by atoms with Gasteiger partial charge >= 0.3 is 12.1 Å². The van der Waals surface area contributed by atoms with Gasteiger partial charge in [-0.1, -0.05) is 83.9 Å². The lowest BCUT2D eigenvalue weighted by Crippen LogP contribution is -2.43. The van der Waals surface area contributed by atoms with Crippen molar-refractivity contribution in [2.45, 2.75) is 123 Å². The van der Waals surface area contributed by atoms with Gasteiger partial charge in [-0.15, -0.1) is 0 Å². The summed E-state index contributed by atoms with van der Waals surface area (Å²) in [5.74, 6) is -0.583. The van der Waals surface area contributed by atoms with E-state index in [-0.39, 0.29) is 22.9 Å². The summed E-state index contributed by atoms with van der Waals surface area (Å²) < 4.78 is 43.2. The molecule has 10 heteroatoms. The molecule has 4 N–H and O–H groups in total. The molecule has 1 atom stereocenters. The Balaban J connectivity index is 0.000000275. The van der Waals surface area contributed by atoms with Crippen LogP contribution in [0.1, 0.15) is 126 Å². The molecule has 46 heavy (non-hydrogen) atoms. The molecule has 0 radical (unpaired) electrons. The fourth-order valence-corrected chi connectivity index (χ4v) is 6.12. The van der Waals surface area contributed by atoms with Gasteiger partial charge in [-0.3, -0.25) is 0 Å². The van der Waals surface area contributed by atoms with Gasteiger partial charge in [-0.2, -0.15) is 13.2 Å². The Morgan fingerprint density at radius 2 is 1.74 bits per heavy atom. The number of aromatic nitrogens is 2. The van der Waals surface area contributed by atoms with Gasteiger partial charge < -0.3 is 25.5 Å². The fraction of sp³-hybridized carbons (Fsp3) is 0.611. The summed E-state index contributed by atoms with van der Waals surface area (Å²) >= 11 is 0. The number of carbonyl (C=O) groups is 1. The van der Waals surface area contributed by atoms with Crippen molar-refractivity contribution in [3.05, 3.63) is 59.5 Å². The number of alkyl halides is 3. The van der Waals surface area contributed by atoms with Gasteiger partial charge in [0, 0.05) is 29.0 Å². The Kier molecular flexibility index (Phi) is 14.4. The van der Waals surface area contributed by atoms with Crippen LogP contribution in [-0.2, 0) is 12.2 Å². The third-order valence-corrected chi connectivity index (χ3v) is 8.44. The van der Waals surface area contributed by atoms with Crippen LogP contribution in [0.4, 0.5) is 13.2 Å². The number of halogens is 3. The van der Waals surface area contributed by atoms with E-state index < -0.39 is 18.8 Å². The lowest BCUT2D eigenvalue weighted by atomic mass is 9.87. The maximum Gasteiger partial charge on any atom is 0.422 e. The van der Waals surface area contributed by atoms with Gasteiger partial charge in [-0.25, -0.2) is 9.78 Å². The summed E-state index contributed by atoms with van der Waals surface area (Å²) in [7, 11) is 0. The van der Waals surface area contributed by atoms with Gasteiger partial charge in [-0.05, 0) is 68.5 Å². The van der Waals surface area contributed by atoms with Crippen molar-refractivity contribution in [2.24, 2.45) is 11.7 Å². The summed E-state index contributed by atoms with van der Waals surface area (Å²) in [6.45, 7) is 9.43. The maximum absolute atomic E-state index is 12.1. The molecule has 1 aromatic carbocycles. The fourth-order valence-electron chi connectivity index (χ4n) is 6.12. The molecule has 4 rings (SSSR count). The van der Waals surface area contributed by atoms with Crippen molar-refractivity contribution in [1.82, 2.24) is 14.9 Å². The molecule has 1 saturated carbocycles. The van der Waals surface area contributed by atoms with Crippen molar-refractivity contribution >= 4 is 16.9 Å². The molecule has 1 fully saturated rings. The molecular formula is C36H53F3N4O3. The number of hydrogen-bond acceptors (Lipinski definition) is 5. The topological polar surface area (TPSA) is 102 Å². The summed E-state index contributed by atoms with van der Waals surface area (Å²) in [4.78, 5) is 14.4. The first kappa shape index (κ1) is 37.3. The number of nitrogens with zero attached hydrogens (tertiary/aromatic N) is 2. The second-order valence-corrected chi connectivity index (χ2v) is 13.1. The van der Waals surface area contributed by atoms with Crippen LogP contribution >= 0.6 is 0 Å². The standard InChI is InChI=1S/C25H43N3.C11H10F3NO3/c1-5-6-7-8-9-10-11-14-17-27-25(4,19-21(2)3)24-18-22-15-12-13-16-23(22)28(24)20-26;12-11(13,14)5-18-9-3-8(10(16)17)15-4-7(9)6-1-2-6/h12-13,15-16,18,21,27H,5-11,14,17,19-20,26H2,1-4H3;3-4,6H,1-2,5H2,(H,16,17). The normalized spacial score (nSPS) is 14.6. The Labute approximate surface area is 272 Å². The van der Waals surface area contributed by atoms with Gasteiger partial charge in [0.05, 0.1) is 12.2 Å². The molecule has 0 amide bonds. The SMILES string of the molecule is CCCCCCCCCCNC(C)(CC(C)C)c1cc2ccccc2n1CN.O=C(O)c1cc(OCC(F)(F)F)c(C2CC2)cn1. The molecule has 1 aliphatic carbocycles. The van der Waals surface area contributed by atoms with E-state index in [2.05, 4.69) is 77.6 Å². The number of nitrogens with two attached hydrogens (primary N) is 1. The molecule has 0 aliphatic heterocycles. The van der Waals surface area contributed by atoms with Crippen molar-refractivity contribution in [2.75, 3.05) is 13.2 Å². The summed E-state index contributed by atoms with van der Waals surface area (Å²) in [6, 6.07) is 12.0. The smallest absolute Gasteiger partial charge is 0.422 e. The number of unbranched alkanes of at least 4 members (excludes halogenated alkanes) is 7. The number of pyridine rings is 1. The molecule has 3 aromatic rings. The highest BCUT2D eigenvalue weighted by molar-refractivity contribution is 5.86. The molecule has 0 saturated heterocycles. The number of para-hydroxylation sites is 1. The van der Waals surface area contributed by atoms with Gasteiger partial charge in [0.2, 0.25) is 0 Å². The Bertz CT molecular complexity index is 1370. The van der Waals surface area contributed by atoms with Crippen LogP contribution in [0.3, 0.4) is 0 Å². The van der Waals surface area contributed by atoms with Crippen LogP contribution in [-0.4, -0.2) is 40.0 Å². The molecule has 2 aromatic heterocycles. The largest absolute Gasteiger partial charge is 0.484 e. The molecule has 1 unspecified atom stereocenters. The van der Waals surface area contributed by atoms with E-state index >= 15 is 0 Å². The van der Waals surface area contributed by atoms with Crippen LogP contribution in [0.2, 0.25) is 0 Å². The average molecular weight is 647 g/mol. The number of rotatable bonds is 18. The van der Waals surface area contributed by atoms with Crippen LogP contribution in [0.25, 0.3) is 10.9 Å². The minimum absolute atomic E-state index is 0.0396. The third-order valence-electron chi connectivity index (χ3n) is 8.44. The maximum atomic E-state index is 12.1. The van der Waals surface area contributed by atoms with Crippen molar-refractivity contribution in [3.8, 4) is 5.75 Å². The first-order chi connectivity index (χ1) is 21.9. The van der Waals surface area contributed by atoms with Crippen molar-refractivity contribution < 1.29 is 27.8 Å². The Morgan fingerprint density at radius 3 is 2.33 bits per heavy atom. The summed E-state index contributed by atoms with van der Waals surface area (Å²) in [5, 5.41) is 13.9. The van der Waals surface area contributed by atoms with E-state index in [1.807, 2.05) is 0 Å². The molecule has 256 valence electrons. The zero-order valence-electron chi connectivity index (χ0n) is 28.0. The number of nitrogens with one attached hydrogen (secondary N) is 1. The zero-order chi connectivity index (χ0) is 33.7. The lowest BCUT2D eigenvalue weighted by molar-refractivity contribution is -0.153. The van der Waals surface area contributed by atoms with Crippen molar-refractivity contribution in [3.63, 3.8) is 0 Å². The number of carboxylic acid groups (broad SMARTS) is 1. The number of ether oxygens (including phenoxy) is 1. The van der Waals surface area contributed by atoms with Crippen molar-refractivity contribution in [1.29, 1.82) is 0 Å². The minimum Gasteiger partial charge on any atom is -0.484 e. The van der Waals surface area contributed by atoms with E-state index in [0.717, 1.165) is 31.9 Å². The Morgan fingerprint density at radius 1 is 1.09 bits per heavy atom. The predicted molar refractivity (Wildman–Crippen MR) is 178 cm³/mol.